The second kappa shape index (κ2) is 6.39. The Hall–Kier alpha value is -3.16. The molecule has 128 valence electrons. The molecule has 0 spiro atoms. The van der Waals surface area contributed by atoms with Crippen molar-refractivity contribution in [3.8, 4) is 0 Å². The van der Waals surface area contributed by atoms with Gasteiger partial charge in [0.05, 0.1) is 6.54 Å². The van der Waals surface area contributed by atoms with Crippen molar-refractivity contribution < 1.29 is 9.32 Å². The van der Waals surface area contributed by atoms with Gasteiger partial charge in [-0.1, -0.05) is 23.4 Å². The van der Waals surface area contributed by atoms with Crippen LogP contribution in [-0.2, 0) is 6.54 Å². The summed E-state index contributed by atoms with van der Waals surface area (Å²) < 4.78 is 7.06. The van der Waals surface area contributed by atoms with E-state index in [0.717, 1.165) is 29.9 Å². The van der Waals surface area contributed by atoms with Crippen molar-refractivity contribution in [3.05, 3.63) is 53.9 Å². The molecule has 0 radical (unpaired) electrons. The second-order valence-electron chi connectivity index (χ2n) is 6.11. The minimum absolute atomic E-state index is 0.320. The van der Waals surface area contributed by atoms with E-state index in [2.05, 4.69) is 25.9 Å². The molecule has 1 aliphatic rings. The number of anilines is 2. The number of nitrogens with zero attached hydrogens (tertiary/aromatic N) is 4. The first kappa shape index (κ1) is 15.4. The van der Waals surface area contributed by atoms with Gasteiger partial charge in [-0.25, -0.2) is 14.5 Å². The number of para-hydroxylation sites is 1. The molecule has 0 unspecified atom stereocenters. The fourth-order valence-corrected chi connectivity index (χ4v) is 2.70. The zero-order valence-corrected chi connectivity index (χ0v) is 13.8. The molecule has 2 aromatic heterocycles. The second-order valence-corrected chi connectivity index (χ2v) is 6.11. The number of carbonyl (C=O) groups is 1. The van der Waals surface area contributed by atoms with Gasteiger partial charge >= 0.3 is 6.03 Å². The van der Waals surface area contributed by atoms with Gasteiger partial charge in [0, 0.05) is 11.6 Å². The number of hydrogen-bond donors (Lipinski definition) is 2. The molecule has 1 fully saturated rings. The number of hydrogen-bond acceptors (Lipinski definition) is 5. The van der Waals surface area contributed by atoms with E-state index in [4.69, 9.17) is 4.52 Å². The highest BCUT2D eigenvalue weighted by molar-refractivity contribution is 6.00. The molecule has 0 saturated heterocycles. The lowest BCUT2D eigenvalue weighted by molar-refractivity contribution is 0.262. The summed E-state index contributed by atoms with van der Waals surface area (Å²) >= 11 is 0. The number of aryl methyl sites for hydroxylation is 1. The van der Waals surface area contributed by atoms with E-state index in [1.165, 1.54) is 6.33 Å². The van der Waals surface area contributed by atoms with Crippen molar-refractivity contribution in [2.75, 3.05) is 10.6 Å². The zero-order chi connectivity index (χ0) is 17.2. The summed E-state index contributed by atoms with van der Waals surface area (Å²) in [4.78, 5) is 16.4. The van der Waals surface area contributed by atoms with E-state index in [1.807, 2.05) is 31.2 Å². The lowest BCUT2D eigenvalue weighted by atomic mass is 10.2. The molecule has 0 aliphatic heterocycles. The summed E-state index contributed by atoms with van der Waals surface area (Å²) in [6, 6.07) is 7.27. The zero-order valence-electron chi connectivity index (χ0n) is 13.8. The third kappa shape index (κ3) is 3.37. The number of rotatable bonds is 5. The quantitative estimate of drug-likeness (QED) is 0.745. The van der Waals surface area contributed by atoms with Gasteiger partial charge in [-0.2, -0.15) is 5.10 Å². The number of carbonyl (C=O) groups excluding carboxylic acids is 1. The number of aromatic nitrogens is 4. The van der Waals surface area contributed by atoms with Crippen molar-refractivity contribution in [2.45, 2.75) is 32.2 Å². The Morgan fingerprint density at radius 2 is 2.16 bits per heavy atom. The fraction of sp³-hybridized carbons (Fsp3) is 0.294. The van der Waals surface area contributed by atoms with Crippen LogP contribution in [0.2, 0.25) is 0 Å². The standard InChI is InChI=1S/C17H18N6O2/c1-11-15(16(25-22-11)12-6-7-12)21-17(24)20-14-5-3-2-4-13(14)8-23-10-18-9-19-23/h2-5,9-10,12H,6-8H2,1H3,(H2,20,21,24). The van der Waals surface area contributed by atoms with Crippen molar-refractivity contribution >= 4 is 17.4 Å². The van der Waals surface area contributed by atoms with Crippen LogP contribution in [0.25, 0.3) is 0 Å². The van der Waals surface area contributed by atoms with Crippen molar-refractivity contribution in [1.82, 2.24) is 19.9 Å². The van der Waals surface area contributed by atoms with Crippen molar-refractivity contribution in [3.63, 3.8) is 0 Å². The van der Waals surface area contributed by atoms with Crippen LogP contribution < -0.4 is 10.6 Å². The molecular weight excluding hydrogens is 320 g/mol. The largest absolute Gasteiger partial charge is 0.359 e. The third-order valence-corrected chi connectivity index (χ3v) is 4.14. The predicted octanol–water partition coefficient (Wildman–Crippen LogP) is 3.14. The first-order chi connectivity index (χ1) is 12.2. The van der Waals surface area contributed by atoms with E-state index < -0.39 is 0 Å². The first-order valence-corrected chi connectivity index (χ1v) is 8.15. The van der Waals surface area contributed by atoms with Gasteiger partial charge in [0.15, 0.2) is 5.76 Å². The summed E-state index contributed by atoms with van der Waals surface area (Å²) in [5.74, 6) is 1.14. The average molecular weight is 338 g/mol. The average Bonchev–Trinajstić information content (AvgIpc) is 3.20. The van der Waals surface area contributed by atoms with Gasteiger partial charge < -0.3 is 15.2 Å². The van der Waals surface area contributed by atoms with Gasteiger partial charge in [-0.05, 0) is 31.4 Å². The highest BCUT2D eigenvalue weighted by Gasteiger charge is 2.32. The van der Waals surface area contributed by atoms with E-state index in [0.29, 0.717) is 23.8 Å². The lowest BCUT2D eigenvalue weighted by Gasteiger charge is -2.12. The van der Waals surface area contributed by atoms with Crippen LogP contribution in [0.4, 0.5) is 16.2 Å². The number of amides is 2. The van der Waals surface area contributed by atoms with Crippen LogP contribution in [0.3, 0.4) is 0 Å². The molecular formula is C17H18N6O2. The van der Waals surface area contributed by atoms with Crippen molar-refractivity contribution in [2.24, 2.45) is 0 Å². The topological polar surface area (TPSA) is 97.9 Å². The van der Waals surface area contributed by atoms with Gasteiger partial charge in [-0.3, -0.25) is 0 Å². The third-order valence-electron chi connectivity index (χ3n) is 4.14. The minimum Gasteiger partial charge on any atom is -0.359 e. The summed E-state index contributed by atoms with van der Waals surface area (Å²) in [6.45, 7) is 2.35. The number of nitrogens with one attached hydrogen (secondary N) is 2. The predicted molar refractivity (Wildman–Crippen MR) is 91.4 cm³/mol. The van der Waals surface area contributed by atoms with E-state index in [9.17, 15) is 4.79 Å². The summed E-state index contributed by atoms with van der Waals surface area (Å²) in [5.41, 5.74) is 3.02. The van der Waals surface area contributed by atoms with Gasteiger partial charge in [-0.15, -0.1) is 0 Å². The first-order valence-electron chi connectivity index (χ1n) is 8.15. The smallest absolute Gasteiger partial charge is 0.323 e. The Labute approximate surface area is 144 Å². The Morgan fingerprint density at radius 1 is 1.32 bits per heavy atom. The lowest BCUT2D eigenvalue weighted by Crippen LogP contribution is -2.21. The SMILES string of the molecule is Cc1noc(C2CC2)c1NC(=O)Nc1ccccc1Cn1cncn1. The molecule has 1 aromatic carbocycles. The maximum atomic E-state index is 12.5. The summed E-state index contributed by atoms with van der Waals surface area (Å²) in [6.07, 6.45) is 5.27. The molecule has 3 aromatic rings. The highest BCUT2D eigenvalue weighted by Crippen LogP contribution is 2.44. The van der Waals surface area contributed by atoms with Gasteiger partial charge in [0.2, 0.25) is 0 Å². The minimum atomic E-state index is -0.320. The number of benzene rings is 1. The van der Waals surface area contributed by atoms with Crippen LogP contribution in [0.5, 0.6) is 0 Å². The molecule has 2 amide bonds. The normalized spacial score (nSPS) is 13.6. The molecule has 1 saturated carbocycles. The fourth-order valence-electron chi connectivity index (χ4n) is 2.70. The monoisotopic (exact) mass is 338 g/mol. The molecule has 2 heterocycles. The Kier molecular flexibility index (Phi) is 3.93. The van der Waals surface area contributed by atoms with Crippen molar-refractivity contribution in [1.29, 1.82) is 0 Å². The van der Waals surface area contributed by atoms with E-state index in [1.54, 1.807) is 11.0 Å². The number of urea groups is 1. The molecule has 8 nitrogen and oxygen atoms in total. The molecule has 8 heteroatoms. The van der Waals surface area contributed by atoms with Crippen LogP contribution >= 0.6 is 0 Å². The highest BCUT2D eigenvalue weighted by atomic mass is 16.5. The molecule has 2 N–H and O–H groups in total. The van der Waals surface area contributed by atoms with Crippen LogP contribution in [-0.4, -0.2) is 26.0 Å². The molecule has 4 rings (SSSR count). The molecule has 0 atom stereocenters. The maximum Gasteiger partial charge on any atom is 0.323 e. The van der Waals surface area contributed by atoms with Crippen LogP contribution in [0, 0.1) is 6.92 Å². The van der Waals surface area contributed by atoms with Crippen LogP contribution in [0.15, 0.2) is 41.4 Å². The summed E-state index contributed by atoms with van der Waals surface area (Å²) in [7, 11) is 0. The van der Waals surface area contributed by atoms with Gasteiger partial charge in [0.1, 0.15) is 24.0 Å². The van der Waals surface area contributed by atoms with Gasteiger partial charge in [0.25, 0.3) is 0 Å². The molecule has 25 heavy (non-hydrogen) atoms. The summed E-state index contributed by atoms with van der Waals surface area (Å²) in [5, 5.41) is 13.8. The van der Waals surface area contributed by atoms with E-state index >= 15 is 0 Å². The Bertz CT molecular complexity index is 882. The maximum absolute atomic E-state index is 12.5. The Balaban J connectivity index is 1.49. The molecule has 1 aliphatic carbocycles. The Morgan fingerprint density at radius 3 is 2.92 bits per heavy atom. The van der Waals surface area contributed by atoms with Crippen LogP contribution in [0.1, 0.15) is 35.8 Å². The van der Waals surface area contributed by atoms with E-state index in [-0.39, 0.29) is 6.03 Å². The molecule has 0 bridgehead atoms.